The minimum Gasteiger partial charge on any atom is -0.387 e. The van der Waals surface area contributed by atoms with Crippen LogP contribution < -0.4 is 5.32 Å². The summed E-state index contributed by atoms with van der Waals surface area (Å²) in [6.07, 6.45) is 67.0. The largest absolute Gasteiger partial charge is 0.472 e. The van der Waals surface area contributed by atoms with E-state index in [-0.39, 0.29) is 19.1 Å². The molecule has 0 aromatic heterocycles. The molecule has 0 fully saturated rings. The Morgan fingerprint density at radius 1 is 0.478 bits per heavy atom. The zero-order chi connectivity index (χ0) is 50.6. The molecule has 0 saturated heterocycles. The van der Waals surface area contributed by atoms with Crippen LogP contribution in [-0.2, 0) is 18.4 Å². The van der Waals surface area contributed by atoms with Gasteiger partial charge in [-0.3, -0.25) is 13.8 Å². The maximum atomic E-state index is 13.0. The van der Waals surface area contributed by atoms with Gasteiger partial charge in [-0.25, -0.2) is 4.57 Å². The lowest BCUT2D eigenvalue weighted by atomic mass is 10.0. The van der Waals surface area contributed by atoms with E-state index in [4.69, 9.17) is 9.05 Å². The van der Waals surface area contributed by atoms with Gasteiger partial charge in [0.2, 0.25) is 5.91 Å². The first-order chi connectivity index (χ1) is 33.5. The predicted molar refractivity (Wildman–Crippen MR) is 300 cm³/mol. The van der Waals surface area contributed by atoms with Crippen molar-refractivity contribution in [3.05, 3.63) is 36.5 Å². The number of nitrogens with one attached hydrogen (secondary N) is 1. The molecule has 0 aliphatic carbocycles. The summed E-state index contributed by atoms with van der Waals surface area (Å²) in [7, 11) is 1.56. The molecule has 0 bridgehead atoms. The number of aliphatic hydroxyl groups excluding tert-OH is 1. The van der Waals surface area contributed by atoms with Gasteiger partial charge in [-0.1, -0.05) is 262 Å². The van der Waals surface area contributed by atoms with Crippen molar-refractivity contribution in [2.45, 2.75) is 302 Å². The van der Waals surface area contributed by atoms with Crippen molar-refractivity contribution in [2.24, 2.45) is 0 Å². The number of unbranched alkanes of at least 4 members (excludes halogenated alkanes) is 38. The van der Waals surface area contributed by atoms with Crippen molar-refractivity contribution in [1.29, 1.82) is 0 Å². The smallest absolute Gasteiger partial charge is 0.387 e. The SMILES string of the molecule is CCCCCCCCCC/C=C/CC/C=C/C(O)C(COP(=O)(O)OCC[N+](C)(C)C)NC(=O)CCCCCCCCCCCCCCCCCCC/C=C\CCCCCCCCCCCCCC. The first kappa shape index (κ1) is 67.7. The molecule has 0 rings (SSSR count). The van der Waals surface area contributed by atoms with E-state index >= 15 is 0 Å². The number of aliphatic hydroxyl groups is 1. The molecule has 3 unspecified atom stereocenters. The van der Waals surface area contributed by atoms with E-state index in [9.17, 15) is 19.4 Å². The quantitative estimate of drug-likeness (QED) is 0.0243. The summed E-state index contributed by atoms with van der Waals surface area (Å²) in [6, 6.07) is -0.861. The molecule has 69 heavy (non-hydrogen) atoms. The lowest BCUT2D eigenvalue weighted by Gasteiger charge is -2.25. The highest BCUT2D eigenvalue weighted by Crippen LogP contribution is 2.43. The number of phosphoric ester groups is 1. The predicted octanol–water partition coefficient (Wildman–Crippen LogP) is 18.2. The Morgan fingerprint density at radius 2 is 0.797 bits per heavy atom. The maximum absolute atomic E-state index is 13.0. The van der Waals surface area contributed by atoms with E-state index in [0.29, 0.717) is 17.4 Å². The molecule has 0 spiro atoms. The minimum atomic E-state index is -4.35. The maximum Gasteiger partial charge on any atom is 0.472 e. The third-order valence-electron chi connectivity index (χ3n) is 13.6. The fourth-order valence-corrected chi connectivity index (χ4v) is 9.61. The molecule has 0 aromatic rings. The van der Waals surface area contributed by atoms with Crippen molar-refractivity contribution >= 4 is 13.7 Å². The van der Waals surface area contributed by atoms with Gasteiger partial charge in [0.15, 0.2) is 0 Å². The number of phosphoric acid groups is 1. The molecule has 8 nitrogen and oxygen atoms in total. The summed E-state index contributed by atoms with van der Waals surface area (Å²) < 4.78 is 23.7. The molecule has 0 radical (unpaired) electrons. The van der Waals surface area contributed by atoms with Crippen molar-refractivity contribution in [1.82, 2.24) is 5.32 Å². The molecule has 0 heterocycles. The van der Waals surface area contributed by atoms with Crippen LogP contribution in [0.2, 0.25) is 0 Å². The number of allylic oxidation sites excluding steroid dienone is 5. The number of carbonyl (C=O) groups excluding carboxylic acids is 1. The number of amides is 1. The van der Waals surface area contributed by atoms with Gasteiger partial charge in [0.1, 0.15) is 13.2 Å². The second-order valence-corrected chi connectivity index (χ2v) is 23.2. The number of likely N-dealkylation sites (N-methyl/N-ethyl adjacent to an activating group) is 1. The van der Waals surface area contributed by atoms with Crippen LogP contribution in [0.1, 0.15) is 290 Å². The summed E-state index contributed by atoms with van der Waals surface area (Å²) in [5.41, 5.74) is 0. The number of carbonyl (C=O) groups is 1. The normalized spacial score (nSPS) is 14.1. The minimum absolute atomic E-state index is 0.0574. The molecule has 3 atom stereocenters. The van der Waals surface area contributed by atoms with Crippen LogP contribution in [0.25, 0.3) is 0 Å². The van der Waals surface area contributed by atoms with Gasteiger partial charge in [-0.05, 0) is 57.8 Å². The average Bonchev–Trinajstić information content (AvgIpc) is 3.31. The van der Waals surface area contributed by atoms with Crippen LogP contribution in [0.4, 0.5) is 0 Å². The molecule has 1 amide bonds. The van der Waals surface area contributed by atoms with Crippen LogP contribution in [0.15, 0.2) is 36.5 Å². The fraction of sp³-hybridized carbons (Fsp3) is 0.883. The van der Waals surface area contributed by atoms with Crippen LogP contribution in [0.5, 0.6) is 0 Å². The monoisotopic (exact) mass is 994 g/mol. The first-order valence-corrected chi connectivity index (χ1v) is 31.4. The van der Waals surface area contributed by atoms with Gasteiger partial charge in [-0.15, -0.1) is 0 Å². The Bertz CT molecular complexity index is 1220. The van der Waals surface area contributed by atoms with Gasteiger partial charge in [-0.2, -0.15) is 0 Å². The standard InChI is InChI=1S/C60H117N2O6P/c1-6-8-10-12-14-16-18-20-22-23-24-25-26-27-28-29-30-31-32-33-34-35-36-37-38-39-40-42-44-46-48-50-52-54-60(64)61-58(57-68-69(65,66)67-56-55-62(3,4)5)59(63)53-51-49-47-45-43-41-21-19-17-15-13-11-9-7-2/h27-28,43,45,51,53,58-59,63H,6-26,29-42,44,46-50,52,54-57H2,1-5H3,(H-,61,64,65,66)/p+1/b28-27-,45-43+,53-51+. The molecule has 408 valence electrons. The lowest BCUT2D eigenvalue weighted by molar-refractivity contribution is -0.870. The second kappa shape index (κ2) is 51.6. The highest BCUT2D eigenvalue weighted by Gasteiger charge is 2.27. The average molecular weight is 995 g/mol. The first-order valence-electron chi connectivity index (χ1n) is 29.9. The van der Waals surface area contributed by atoms with Crippen LogP contribution >= 0.6 is 7.82 Å². The van der Waals surface area contributed by atoms with E-state index in [1.165, 1.54) is 231 Å². The molecule has 3 N–H and O–H groups in total. The number of quaternary nitrogens is 1. The summed E-state index contributed by atoms with van der Waals surface area (Å²) in [5.74, 6) is -0.183. The van der Waals surface area contributed by atoms with Crippen molar-refractivity contribution in [3.63, 3.8) is 0 Å². The molecular formula is C60H118N2O6P+. The number of nitrogens with zero attached hydrogens (tertiary/aromatic N) is 1. The lowest BCUT2D eigenvalue weighted by Crippen LogP contribution is -2.45. The Labute approximate surface area is 429 Å². The van der Waals surface area contributed by atoms with Crippen LogP contribution in [0.3, 0.4) is 0 Å². The Hall–Kier alpha value is -1.28. The van der Waals surface area contributed by atoms with Crippen molar-refractivity contribution in [2.75, 3.05) is 40.9 Å². The topological polar surface area (TPSA) is 105 Å². The summed E-state index contributed by atoms with van der Waals surface area (Å²) in [6.45, 7) is 4.82. The number of hydrogen-bond acceptors (Lipinski definition) is 5. The van der Waals surface area contributed by atoms with E-state index < -0.39 is 20.0 Å². The molecule has 0 saturated carbocycles. The summed E-state index contributed by atoms with van der Waals surface area (Å²) >= 11 is 0. The number of hydrogen-bond donors (Lipinski definition) is 3. The molecule has 0 aliphatic rings. The van der Waals surface area contributed by atoms with Gasteiger partial charge >= 0.3 is 7.82 Å². The third-order valence-corrected chi connectivity index (χ3v) is 14.6. The van der Waals surface area contributed by atoms with Gasteiger partial charge in [0.25, 0.3) is 0 Å². The highest BCUT2D eigenvalue weighted by molar-refractivity contribution is 7.47. The van der Waals surface area contributed by atoms with E-state index in [1.54, 1.807) is 6.08 Å². The van der Waals surface area contributed by atoms with Crippen LogP contribution in [-0.4, -0.2) is 73.4 Å². The Kier molecular flexibility index (Phi) is 50.7. The zero-order valence-corrected chi connectivity index (χ0v) is 47.5. The summed E-state index contributed by atoms with van der Waals surface area (Å²) in [4.78, 5) is 23.3. The fourth-order valence-electron chi connectivity index (χ4n) is 8.88. The molecule has 0 aromatic carbocycles. The Morgan fingerprint density at radius 3 is 1.16 bits per heavy atom. The number of rotatable bonds is 55. The van der Waals surface area contributed by atoms with Crippen molar-refractivity contribution in [3.8, 4) is 0 Å². The molecule has 9 heteroatoms. The highest BCUT2D eigenvalue weighted by atomic mass is 31.2. The van der Waals surface area contributed by atoms with E-state index in [2.05, 4.69) is 43.5 Å². The Balaban J connectivity index is 4.02. The van der Waals surface area contributed by atoms with E-state index in [0.717, 1.165) is 38.5 Å². The van der Waals surface area contributed by atoms with Gasteiger partial charge < -0.3 is 19.8 Å². The second-order valence-electron chi connectivity index (χ2n) is 21.7. The zero-order valence-electron chi connectivity index (χ0n) is 46.6. The summed E-state index contributed by atoms with van der Waals surface area (Å²) in [5, 5.41) is 13.9. The molecule has 0 aliphatic heterocycles. The van der Waals surface area contributed by atoms with Gasteiger partial charge in [0.05, 0.1) is 39.9 Å². The van der Waals surface area contributed by atoms with Gasteiger partial charge in [0, 0.05) is 6.42 Å². The van der Waals surface area contributed by atoms with Crippen LogP contribution in [0, 0.1) is 0 Å². The molecular weight excluding hydrogens is 876 g/mol. The van der Waals surface area contributed by atoms with Crippen molar-refractivity contribution < 1.29 is 32.9 Å². The third kappa shape index (κ3) is 54.3. The van der Waals surface area contributed by atoms with E-state index in [1.807, 2.05) is 27.2 Å².